The summed E-state index contributed by atoms with van der Waals surface area (Å²) in [5.41, 5.74) is 0. The number of rotatable bonds is 13. The topological polar surface area (TPSA) is 9.23 Å². The van der Waals surface area contributed by atoms with Gasteiger partial charge in [-0.05, 0) is 0 Å². The van der Waals surface area contributed by atoms with Gasteiger partial charge in [-0.1, -0.05) is 0 Å². The van der Waals surface area contributed by atoms with Crippen LogP contribution in [0.25, 0.3) is 0 Å². The number of ether oxygens (including phenoxy) is 1. The van der Waals surface area contributed by atoms with Gasteiger partial charge in [0.25, 0.3) is 0 Å². The molecule has 0 aliphatic rings. The van der Waals surface area contributed by atoms with Gasteiger partial charge in [0.15, 0.2) is 0 Å². The summed E-state index contributed by atoms with van der Waals surface area (Å²) in [5, 5.41) is 0. The fourth-order valence-electron chi connectivity index (χ4n) is 2.53. The first-order valence-corrected chi connectivity index (χ1v) is 19.8. The molecule has 0 bridgehead atoms. The zero-order chi connectivity index (χ0) is 16.0. The summed E-state index contributed by atoms with van der Waals surface area (Å²) in [5.74, 6) is 0. The van der Waals surface area contributed by atoms with Crippen LogP contribution >= 0.6 is 21.2 Å². The Kier molecular flexibility index (Phi) is 15.3. The number of hydrogen-bond acceptors (Lipinski definition) is 3. The summed E-state index contributed by atoms with van der Waals surface area (Å²) in [4.78, 5) is 0. The molecule has 0 unspecified atom stereocenters. The minimum atomic E-state index is -2.18. The van der Waals surface area contributed by atoms with Crippen LogP contribution in [-0.2, 0) is 4.74 Å². The molecular weight excluding hydrogens is 403 g/mol. The summed E-state index contributed by atoms with van der Waals surface area (Å²) in [6.45, 7) is 9.97. The van der Waals surface area contributed by atoms with Gasteiger partial charge in [-0.2, -0.15) is 0 Å². The summed E-state index contributed by atoms with van der Waals surface area (Å²) < 4.78 is 11.2. The fourth-order valence-corrected chi connectivity index (χ4v) is 26.7. The molecule has 0 fully saturated rings. The minimum absolute atomic E-state index is 0.819. The number of thiocarbonyl (C=S) groups is 1. The van der Waals surface area contributed by atoms with Crippen LogP contribution in [0.15, 0.2) is 0 Å². The molecule has 0 N–H and O–H groups in total. The van der Waals surface area contributed by atoms with Crippen LogP contribution in [0.5, 0.6) is 0 Å². The van der Waals surface area contributed by atoms with Gasteiger partial charge < -0.3 is 0 Å². The molecule has 126 valence electrons. The predicted octanol–water partition coefficient (Wildman–Crippen LogP) is 7.17. The van der Waals surface area contributed by atoms with Crippen molar-refractivity contribution in [3.05, 3.63) is 0 Å². The first kappa shape index (κ1) is 22.0. The van der Waals surface area contributed by atoms with Crippen molar-refractivity contribution in [3.63, 3.8) is 0 Å². The standard InChI is InChI=1S/C5H10OS2.3C4H9.Sn/c1-2-3-4-6-5(7)8;3*1-3-4-2;/h2-4H2,1H3,(H,7,8);3*1,3-4H2,2H3;/q;;;;+1/p-1. The normalized spacial score (nSPS) is 11.6. The monoisotopic (exact) mass is 440 g/mol. The average molecular weight is 439 g/mol. The Morgan fingerprint density at radius 1 is 0.810 bits per heavy atom. The number of hydrogen-bond donors (Lipinski definition) is 0. The van der Waals surface area contributed by atoms with Crippen molar-refractivity contribution in [2.45, 2.75) is 92.4 Å². The second kappa shape index (κ2) is 14.6. The molecule has 0 aliphatic carbocycles. The average Bonchev–Trinajstić information content (AvgIpc) is 2.49. The summed E-state index contributed by atoms with van der Waals surface area (Å²) in [6, 6.07) is 0. The molecule has 1 nitrogen and oxygen atoms in total. The van der Waals surface area contributed by atoms with Crippen molar-refractivity contribution < 1.29 is 4.74 Å². The molecule has 0 saturated heterocycles. The molecule has 0 aliphatic heterocycles. The third-order valence-corrected chi connectivity index (χ3v) is 26.6. The Balaban J connectivity index is 4.64. The maximum atomic E-state index is 5.82. The number of unbranched alkanes of at least 4 members (excludes halogenated alkanes) is 4. The molecular formula is C17H36OS2Sn. The Bertz CT molecular complexity index is 237. The Hall–Kier alpha value is 1.04. The summed E-state index contributed by atoms with van der Waals surface area (Å²) >= 11 is 3.38. The van der Waals surface area contributed by atoms with E-state index < -0.39 is 17.0 Å². The van der Waals surface area contributed by atoms with Crippen molar-refractivity contribution in [1.29, 1.82) is 0 Å². The van der Waals surface area contributed by atoms with Crippen LogP contribution in [0.4, 0.5) is 0 Å². The van der Waals surface area contributed by atoms with E-state index in [1.54, 1.807) is 0 Å². The summed E-state index contributed by atoms with van der Waals surface area (Å²) in [7, 11) is 2.08. The van der Waals surface area contributed by atoms with E-state index >= 15 is 0 Å². The first-order valence-electron chi connectivity index (χ1n) is 8.99. The van der Waals surface area contributed by atoms with Crippen molar-refractivity contribution in [2.75, 3.05) is 6.61 Å². The predicted molar refractivity (Wildman–Crippen MR) is 106 cm³/mol. The van der Waals surface area contributed by atoms with Gasteiger partial charge in [0.05, 0.1) is 0 Å². The van der Waals surface area contributed by atoms with E-state index in [2.05, 4.69) is 36.6 Å². The third-order valence-electron chi connectivity index (χ3n) is 3.98. The van der Waals surface area contributed by atoms with E-state index in [0.717, 1.165) is 17.4 Å². The molecule has 0 atom stereocenters. The molecule has 21 heavy (non-hydrogen) atoms. The quantitative estimate of drug-likeness (QED) is 0.171. The molecule has 0 aromatic heterocycles. The van der Waals surface area contributed by atoms with Crippen LogP contribution in [-0.4, -0.2) is 28.0 Å². The van der Waals surface area contributed by atoms with Crippen LogP contribution in [0, 0.1) is 0 Å². The van der Waals surface area contributed by atoms with Gasteiger partial charge in [-0.25, -0.2) is 0 Å². The Labute approximate surface area is 145 Å². The molecule has 4 heteroatoms. The van der Waals surface area contributed by atoms with E-state index in [1.165, 1.54) is 58.3 Å². The van der Waals surface area contributed by atoms with Gasteiger partial charge in [-0.15, -0.1) is 0 Å². The van der Waals surface area contributed by atoms with Gasteiger partial charge in [0.1, 0.15) is 0 Å². The SMILES string of the molecule is CCCCOC(=S)[S][Sn]([CH2]CCC)([CH2]CCC)[CH2]CCC. The molecule has 0 amide bonds. The van der Waals surface area contributed by atoms with Gasteiger partial charge in [-0.3, -0.25) is 0 Å². The molecule has 0 spiro atoms. The third kappa shape index (κ3) is 11.2. The van der Waals surface area contributed by atoms with E-state index in [0.29, 0.717) is 0 Å². The molecule has 0 rings (SSSR count). The molecule has 0 saturated carbocycles. The van der Waals surface area contributed by atoms with Crippen molar-refractivity contribution in [3.8, 4) is 0 Å². The van der Waals surface area contributed by atoms with Crippen LogP contribution < -0.4 is 0 Å². The van der Waals surface area contributed by atoms with E-state index in [9.17, 15) is 0 Å². The van der Waals surface area contributed by atoms with Crippen LogP contribution in [0.2, 0.25) is 13.3 Å². The van der Waals surface area contributed by atoms with Gasteiger partial charge in [0, 0.05) is 0 Å². The molecule has 0 radical (unpaired) electrons. The van der Waals surface area contributed by atoms with Crippen molar-refractivity contribution in [2.24, 2.45) is 0 Å². The zero-order valence-corrected chi connectivity index (χ0v) is 19.2. The maximum absolute atomic E-state index is 5.82. The molecule has 0 aromatic carbocycles. The van der Waals surface area contributed by atoms with Crippen molar-refractivity contribution in [1.82, 2.24) is 0 Å². The molecule has 0 heterocycles. The second-order valence-corrected chi connectivity index (χ2v) is 25.8. The Morgan fingerprint density at radius 2 is 1.24 bits per heavy atom. The van der Waals surface area contributed by atoms with Gasteiger partial charge in [0.2, 0.25) is 0 Å². The van der Waals surface area contributed by atoms with E-state index in [4.69, 9.17) is 17.0 Å². The zero-order valence-electron chi connectivity index (χ0n) is 14.7. The van der Waals surface area contributed by atoms with E-state index in [1.807, 2.05) is 0 Å². The fraction of sp³-hybridized carbons (Fsp3) is 0.941. The van der Waals surface area contributed by atoms with Crippen molar-refractivity contribution >= 4 is 42.5 Å². The molecule has 0 aromatic rings. The first-order chi connectivity index (χ1) is 10.1. The van der Waals surface area contributed by atoms with Crippen LogP contribution in [0.1, 0.15) is 79.1 Å². The van der Waals surface area contributed by atoms with E-state index in [-0.39, 0.29) is 0 Å². The second-order valence-electron chi connectivity index (χ2n) is 6.05. The van der Waals surface area contributed by atoms with Gasteiger partial charge >= 0.3 is 146 Å². The summed E-state index contributed by atoms with van der Waals surface area (Å²) in [6.07, 6.45) is 10.5. The van der Waals surface area contributed by atoms with Crippen LogP contribution in [0.3, 0.4) is 0 Å². The Morgan fingerprint density at radius 3 is 1.62 bits per heavy atom.